The number of thiazole rings is 1. The number of methoxy groups -OCH3 is 1. The van der Waals surface area contributed by atoms with Crippen molar-refractivity contribution in [2.75, 3.05) is 19.0 Å². The summed E-state index contributed by atoms with van der Waals surface area (Å²) in [7, 11) is 1.47. The van der Waals surface area contributed by atoms with Gasteiger partial charge in [0.1, 0.15) is 5.75 Å². The number of nitrogens with zero attached hydrogens (tertiary/aromatic N) is 2. The van der Waals surface area contributed by atoms with Crippen molar-refractivity contribution in [2.24, 2.45) is 4.99 Å². The molecule has 0 fully saturated rings. The smallest absolute Gasteiger partial charge is 0.308 e. The molecule has 3 aromatic carbocycles. The Morgan fingerprint density at radius 1 is 1.12 bits per heavy atom. The fraction of sp³-hybridized carbons (Fsp3) is 0.188. The molecule has 1 amide bonds. The Balaban J connectivity index is 1.65. The van der Waals surface area contributed by atoms with Gasteiger partial charge in [0.2, 0.25) is 0 Å². The summed E-state index contributed by atoms with van der Waals surface area (Å²) in [6.45, 7) is 5.50. The van der Waals surface area contributed by atoms with E-state index in [1.807, 2.05) is 49.4 Å². The molecule has 0 saturated carbocycles. The lowest BCUT2D eigenvalue weighted by molar-refractivity contribution is -0.132. The normalized spacial score (nSPS) is 14.5. The van der Waals surface area contributed by atoms with E-state index in [0.29, 0.717) is 54.4 Å². The van der Waals surface area contributed by atoms with Crippen molar-refractivity contribution in [3.05, 3.63) is 113 Å². The number of carbonyl (C=O) groups excluding carboxylic acids is 2. The topological polar surface area (TPSA) is 108 Å². The summed E-state index contributed by atoms with van der Waals surface area (Å²) in [4.78, 5) is 44.5. The number of para-hydroxylation sites is 1. The fourth-order valence-corrected chi connectivity index (χ4v) is 6.36. The molecule has 1 atom stereocenters. The average molecular weight is 663 g/mol. The third-order valence-corrected chi connectivity index (χ3v) is 8.17. The van der Waals surface area contributed by atoms with Gasteiger partial charge in [-0.2, -0.15) is 0 Å². The van der Waals surface area contributed by atoms with E-state index in [0.717, 1.165) is 5.56 Å². The molecule has 1 aromatic heterocycles. The average Bonchev–Trinajstić information content (AvgIpc) is 3.28. The van der Waals surface area contributed by atoms with E-state index in [2.05, 4.69) is 21.2 Å². The van der Waals surface area contributed by atoms with Gasteiger partial charge in [0.05, 0.1) is 40.0 Å². The van der Waals surface area contributed by atoms with Crippen molar-refractivity contribution in [2.45, 2.75) is 26.8 Å². The van der Waals surface area contributed by atoms with E-state index in [1.54, 1.807) is 41.8 Å². The van der Waals surface area contributed by atoms with E-state index in [4.69, 9.17) is 19.2 Å². The predicted molar refractivity (Wildman–Crippen MR) is 168 cm³/mol. The van der Waals surface area contributed by atoms with Crippen molar-refractivity contribution in [3.8, 4) is 17.2 Å². The van der Waals surface area contributed by atoms with Crippen molar-refractivity contribution in [3.63, 3.8) is 0 Å². The number of fused-ring (bicyclic) bond motifs is 1. The molecule has 11 heteroatoms. The van der Waals surface area contributed by atoms with Gasteiger partial charge in [0.25, 0.3) is 11.5 Å². The number of allylic oxidation sites excluding steroid dienone is 1. The highest BCUT2D eigenvalue weighted by molar-refractivity contribution is 9.10. The maximum atomic E-state index is 14.0. The highest BCUT2D eigenvalue weighted by Crippen LogP contribution is 2.37. The molecule has 0 spiro atoms. The highest BCUT2D eigenvalue weighted by Gasteiger charge is 2.32. The minimum absolute atomic E-state index is 0.244. The first-order valence-corrected chi connectivity index (χ1v) is 15.0. The van der Waals surface area contributed by atoms with E-state index in [-0.39, 0.29) is 17.2 Å². The van der Waals surface area contributed by atoms with Gasteiger partial charge in [-0.1, -0.05) is 41.7 Å². The largest absolute Gasteiger partial charge is 0.494 e. The van der Waals surface area contributed by atoms with Crippen LogP contribution < -0.4 is 34.4 Å². The van der Waals surface area contributed by atoms with Crippen LogP contribution in [0.25, 0.3) is 6.08 Å². The Morgan fingerprint density at radius 3 is 2.49 bits per heavy atom. The minimum Gasteiger partial charge on any atom is -0.494 e. The van der Waals surface area contributed by atoms with E-state index >= 15 is 0 Å². The van der Waals surface area contributed by atoms with Gasteiger partial charge in [0, 0.05) is 12.6 Å². The van der Waals surface area contributed by atoms with Crippen molar-refractivity contribution < 1.29 is 23.8 Å². The molecule has 220 valence electrons. The van der Waals surface area contributed by atoms with Crippen LogP contribution in [0.4, 0.5) is 5.69 Å². The third kappa shape index (κ3) is 6.32. The standard InChI is InChI=1S/C32H28BrN3O6S/c1-5-41-23-13-11-21(12-14-23)28-27(30(38)35-22-9-7-6-8-10-22)18(2)34-32-36(28)31(39)26(43-32)17-20-15-24(33)29(42-19(3)37)25(16-20)40-4/h6-17,28H,5H2,1-4H3,(H,35,38)/b26-17-/t28-/m1/s1. The quantitative estimate of drug-likeness (QED) is 0.211. The lowest BCUT2D eigenvalue weighted by Crippen LogP contribution is -2.40. The zero-order valence-electron chi connectivity index (χ0n) is 23.8. The van der Waals surface area contributed by atoms with Crippen LogP contribution in [0.5, 0.6) is 17.2 Å². The first-order chi connectivity index (χ1) is 20.7. The lowest BCUT2D eigenvalue weighted by atomic mass is 9.95. The molecular formula is C32H28BrN3O6S. The van der Waals surface area contributed by atoms with Crippen LogP contribution in [0.1, 0.15) is 37.9 Å². The zero-order chi connectivity index (χ0) is 30.7. The summed E-state index contributed by atoms with van der Waals surface area (Å²) in [5.74, 6) is 0.416. The number of amides is 1. The molecule has 1 aliphatic heterocycles. The molecule has 9 nitrogen and oxygen atoms in total. The second kappa shape index (κ2) is 12.8. The summed E-state index contributed by atoms with van der Waals surface area (Å²) in [6, 6.07) is 19.2. The summed E-state index contributed by atoms with van der Waals surface area (Å²) < 4.78 is 18.8. The van der Waals surface area contributed by atoms with Crippen LogP contribution >= 0.6 is 27.3 Å². The number of benzene rings is 3. The second-order valence-corrected chi connectivity index (χ2v) is 11.4. The van der Waals surface area contributed by atoms with E-state index in [9.17, 15) is 14.4 Å². The maximum Gasteiger partial charge on any atom is 0.308 e. The van der Waals surface area contributed by atoms with E-state index < -0.39 is 12.0 Å². The molecule has 0 unspecified atom stereocenters. The number of hydrogen-bond acceptors (Lipinski definition) is 8. The Hall–Kier alpha value is -4.48. The molecule has 0 radical (unpaired) electrons. The Labute approximate surface area is 259 Å². The molecule has 1 N–H and O–H groups in total. The van der Waals surface area contributed by atoms with Gasteiger partial charge in [-0.05, 0) is 83.4 Å². The number of carbonyl (C=O) groups is 2. The molecule has 5 rings (SSSR count). The van der Waals surface area contributed by atoms with Crippen molar-refractivity contribution in [1.82, 2.24) is 4.57 Å². The van der Waals surface area contributed by atoms with Gasteiger partial charge in [-0.15, -0.1) is 0 Å². The second-order valence-electron chi connectivity index (χ2n) is 9.53. The SMILES string of the molecule is CCOc1ccc([C@@H]2C(C(=O)Nc3ccccc3)=C(C)N=c3s/c(=C\c4cc(Br)c(OC(C)=O)c(OC)c4)c(=O)n32)cc1. The molecular weight excluding hydrogens is 634 g/mol. The van der Waals surface area contributed by atoms with Crippen LogP contribution in [-0.4, -0.2) is 30.2 Å². The van der Waals surface area contributed by atoms with Gasteiger partial charge >= 0.3 is 5.97 Å². The number of esters is 1. The highest BCUT2D eigenvalue weighted by atomic mass is 79.9. The number of nitrogens with one attached hydrogen (secondary N) is 1. The number of halogens is 1. The Kier molecular flexibility index (Phi) is 8.93. The molecule has 0 bridgehead atoms. The first kappa shape index (κ1) is 30.0. The number of hydrogen-bond donors (Lipinski definition) is 1. The van der Waals surface area contributed by atoms with Crippen LogP contribution in [0.3, 0.4) is 0 Å². The van der Waals surface area contributed by atoms with Crippen LogP contribution in [-0.2, 0) is 9.59 Å². The summed E-state index contributed by atoms with van der Waals surface area (Å²) >= 11 is 4.65. The van der Waals surface area contributed by atoms with Crippen molar-refractivity contribution >= 4 is 50.9 Å². The molecule has 0 saturated heterocycles. The molecule has 4 aromatic rings. The maximum absolute atomic E-state index is 14.0. The van der Waals surface area contributed by atoms with Gasteiger partial charge < -0.3 is 19.5 Å². The third-order valence-electron chi connectivity index (χ3n) is 6.60. The molecule has 0 aliphatic carbocycles. The number of rotatable bonds is 8. The zero-order valence-corrected chi connectivity index (χ0v) is 26.2. The van der Waals surface area contributed by atoms with Gasteiger partial charge in [-0.25, -0.2) is 4.99 Å². The van der Waals surface area contributed by atoms with Gasteiger partial charge in [0.15, 0.2) is 16.3 Å². The molecule has 1 aliphatic rings. The van der Waals surface area contributed by atoms with Crippen LogP contribution in [0, 0.1) is 0 Å². The Bertz CT molecular complexity index is 1910. The van der Waals surface area contributed by atoms with Gasteiger partial charge in [-0.3, -0.25) is 19.0 Å². The molecule has 43 heavy (non-hydrogen) atoms. The Morgan fingerprint density at radius 2 is 1.84 bits per heavy atom. The fourth-order valence-electron chi connectivity index (χ4n) is 4.78. The predicted octanol–water partition coefficient (Wildman–Crippen LogP) is 4.97. The van der Waals surface area contributed by atoms with E-state index in [1.165, 1.54) is 25.4 Å². The number of anilines is 1. The number of aromatic nitrogens is 1. The lowest BCUT2D eigenvalue weighted by Gasteiger charge is -2.25. The number of ether oxygens (including phenoxy) is 3. The summed E-state index contributed by atoms with van der Waals surface area (Å²) in [5.41, 5.74) is 2.57. The van der Waals surface area contributed by atoms with Crippen LogP contribution in [0.15, 0.2) is 92.3 Å². The first-order valence-electron chi connectivity index (χ1n) is 13.4. The minimum atomic E-state index is -0.731. The summed E-state index contributed by atoms with van der Waals surface area (Å²) in [5, 5.41) is 2.95. The monoisotopic (exact) mass is 661 g/mol. The van der Waals surface area contributed by atoms with Crippen molar-refractivity contribution in [1.29, 1.82) is 0 Å². The van der Waals surface area contributed by atoms with Crippen LogP contribution in [0.2, 0.25) is 0 Å². The molecule has 2 heterocycles. The summed E-state index contributed by atoms with van der Waals surface area (Å²) in [6.07, 6.45) is 1.72.